The van der Waals surface area contributed by atoms with Gasteiger partial charge < -0.3 is 4.55 Å². The van der Waals surface area contributed by atoms with Gasteiger partial charge >= 0.3 is 29.6 Å². The molecule has 0 saturated heterocycles. The monoisotopic (exact) mass is 258 g/mol. The summed E-state index contributed by atoms with van der Waals surface area (Å²) < 4.78 is 44.8. The number of rotatable bonds is 3. The van der Waals surface area contributed by atoms with Crippen molar-refractivity contribution in [1.29, 1.82) is 0 Å². The van der Waals surface area contributed by atoms with Crippen LogP contribution in [-0.2, 0) is 10.3 Å². The first-order valence-corrected chi connectivity index (χ1v) is 4.88. The third-order valence-electron chi connectivity index (χ3n) is 1.39. The molecule has 0 aromatic heterocycles. The standard InChI is InChI=1S/C6H5FN2O5S.Na/c7-4-1-2-5(8-15(12,13)14)6(3-4)9(10)11;/h1-3,8H,(H,12,13,14);/q;+1/p-1. The summed E-state index contributed by atoms with van der Waals surface area (Å²) in [4.78, 5) is 9.36. The van der Waals surface area contributed by atoms with Crippen molar-refractivity contribution in [2.45, 2.75) is 0 Å². The van der Waals surface area contributed by atoms with Gasteiger partial charge in [-0.05, 0) is 12.1 Å². The summed E-state index contributed by atoms with van der Waals surface area (Å²) in [5, 5.41) is 10.4. The van der Waals surface area contributed by atoms with Crippen LogP contribution in [0.15, 0.2) is 18.2 Å². The van der Waals surface area contributed by atoms with Gasteiger partial charge in [0.25, 0.3) is 5.69 Å². The number of benzene rings is 1. The van der Waals surface area contributed by atoms with Crippen molar-refractivity contribution in [3.63, 3.8) is 0 Å². The fourth-order valence-corrected chi connectivity index (χ4v) is 1.32. The van der Waals surface area contributed by atoms with E-state index in [1.165, 1.54) is 4.72 Å². The second-order valence-electron chi connectivity index (χ2n) is 2.47. The molecule has 7 nitrogen and oxygen atoms in total. The number of nitro benzene ring substituents is 1. The quantitative estimate of drug-likeness (QED) is 0.281. The summed E-state index contributed by atoms with van der Waals surface area (Å²) >= 11 is 0. The Labute approximate surface area is 112 Å². The molecule has 16 heavy (non-hydrogen) atoms. The molecule has 0 unspecified atom stereocenters. The van der Waals surface area contributed by atoms with E-state index in [1.54, 1.807) is 0 Å². The van der Waals surface area contributed by atoms with E-state index in [-0.39, 0.29) is 29.6 Å². The zero-order chi connectivity index (χ0) is 11.6. The smallest absolute Gasteiger partial charge is 0.731 e. The summed E-state index contributed by atoms with van der Waals surface area (Å²) in [6.07, 6.45) is 0. The van der Waals surface area contributed by atoms with Crippen molar-refractivity contribution in [2.24, 2.45) is 0 Å². The minimum atomic E-state index is -4.87. The van der Waals surface area contributed by atoms with Crippen LogP contribution in [0.3, 0.4) is 0 Å². The van der Waals surface area contributed by atoms with Gasteiger partial charge in [-0.3, -0.25) is 14.8 Å². The average molecular weight is 258 g/mol. The van der Waals surface area contributed by atoms with Crippen molar-refractivity contribution in [1.82, 2.24) is 0 Å². The van der Waals surface area contributed by atoms with Gasteiger partial charge in [0.05, 0.1) is 11.0 Å². The molecular formula is C6H4FN2NaO5S. The van der Waals surface area contributed by atoms with Gasteiger partial charge in [-0.2, -0.15) is 0 Å². The van der Waals surface area contributed by atoms with E-state index in [9.17, 15) is 27.5 Å². The van der Waals surface area contributed by atoms with E-state index < -0.39 is 32.4 Å². The normalized spacial score (nSPS) is 10.4. The molecule has 0 aliphatic heterocycles. The molecule has 0 heterocycles. The van der Waals surface area contributed by atoms with Crippen LogP contribution in [0.1, 0.15) is 0 Å². The molecule has 0 amide bonds. The first-order valence-electron chi connectivity index (χ1n) is 3.47. The van der Waals surface area contributed by atoms with Crippen LogP contribution in [0.5, 0.6) is 0 Å². The molecule has 1 aromatic carbocycles. The van der Waals surface area contributed by atoms with Gasteiger partial charge in [0.2, 0.25) is 0 Å². The van der Waals surface area contributed by atoms with Crippen molar-refractivity contribution in [3.8, 4) is 0 Å². The number of anilines is 1. The maximum absolute atomic E-state index is 12.6. The summed E-state index contributed by atoms with van der Waals surface area (Å²) in [6, 6.07) is 2.09. The van der Waals surface area contributed by atoms with Crippen LogP contribution in [0.2, 0.25) is 0 Å². The maximum Gasteiger partial charge on any atom is 1.00 e. The molecule has 0 fully saturated rings. The number of hydrogen-bond acceptors (Lipinski definition) is 5. The van der Waals surface area contributed by atoms with E-state index in [1.807, 2.05) is 0 Å². The summed E-state index contributed by atoms with van der Waals surface area (Å²) in [7, 11) is -4.87. The molecular weight excluding hydrogens is 254 g/mol. The third kappa shape index (κ3) is 4.41. The second-order valence-corrected chi connectivity index (χ2v) is 3.59. The van der Waals surface area contributed by atoms with Crippen LogP contribution >= 0.6 is 0 Å². The van der Waals surface area contributed by atoms with Crippen LogP contribution < -0.4 is 34.3 Å². The van der Waals surface area contributed by atoms with Crippen molar-refractivity contribution in [2.75, 3.05) is 4.72 Å². The fourth-order valence-electron chi connectivity index (χ4n) is 0.877. The number of nitrogens with zero attached hydrogens (tertiary/aromatic N) is 1. The minimum Gasteiger partial charge on any atom is -0.731 e. The molecule has 0 saturated carbocycles. The predicted molar refractivity (Wildman–Crippen MR) is 46.4 cm³/mol. The van der Waals surface area contributed by atoms with Crippen LogP contribution in [0.25, 0.3) is 0 Å². The van der Waals surface area contributed by atoms with Gasteiger partial charge in [-0.15, -0.1) is 0 Å². The van der Waals surface area contributed by atoms with Crippen LogP contribution in [0, 0.1) is 15.9 Å². The molecule has 82 valence electrons. The number of nitro groups is 1. The van der Waals surface area contributed by atoms with Crippen molar-refractivity contribution in [3.05, 3.63) is 34.1 Å². The number of halogens is 1. The Bertz CT molecular complexity index is 506. The molecule has 1 aromatic rings. The molecule has 0 aliphatic rings. The van der Waals surface area contributed by atoms with E-state index in [0.717, 1.165) is 12.1 Å². The Morgan fingerprint density at radius 2 is 1.94 bits per heavy atom. The summed E-state index contributed by atoms with van der Waals surface area (Å²) in [6.45, 7) is 0. The molecule has 0 aliphatic carbocycles. The Morgan fingerprint density at radius 1 is 1.38 bits per heavy atom. The molecule has 0 spiro atoms. The van der Waals surface area contributed by atoms with Crippen molar-refractivity contribution >= 4 is 21.7 Å². The molecule has 0 bridgehead atoms. The maximum atomic E-state index is 12.6. The Kier molecular flexibility index (Phi) is 5.29. The van der Waals surface area contributed by atoms with E-state index >= 15 is 0 Å². The van der Waals surface area contributed by atoms with Crippen molar-refractivity contribution < 1.29 is 51.8 Å². The zero-order valence-corrected chi connectivity index (χ0v) is 10.8. The summed E-state index contributed by atoms with van der Waals surface area (Å²) in [5.74, 6) is -0.907. The first-order chi connectivity index (χ1) is 6.79. The van der Waals surface area contributed by atoms with Crippen LogP contribution in [-0.4, -0.2) is 17.9 Å². The average Bonchev–Trinajstić information content (AvgIpc) is 2.05. The first kappa shape index (κ1) is 15.3. The topological polar surface area (TPSA) is 112 Å². The van der Waals surface area contributed by atoms with Gasteiger partial charge in [0.1, 0.15) is 11.5 Å². The molecule has 1 N–H and O–H groups in total. The second kappa shape index (κ2) is 5.55. The Hall–Kier alpha value is -0.740. The molecule has 0 radical (unpaired) electrons. The summed E-state index contributed by atoms with van der Waals surface area (Å²) in [5.41, 5.74) is -1.40. The van der Waals surface area contributed by atoms with E-state index in [0.29, 0.717) is 6.07 Å². The fraction of sp³-hybridized carbons (Fsp3) is 0. The molecule has 10 heteroatoms. The van der Waals surface area contributed by atoms with Crippen LogP contribution in [0.4, 0.5) is 15.8 Å². The molecule has 1 rings (SSSR count). The molecule has 0 atom stereocenters. The third-order valence-corrected chi connectivity index (χ3v) is 1.86. The van der Waals surface area contributed by atoms with Gasteiger partial charge in [0, 0.05) is 0 Å². The minimum absolute atomic E-state index is 0. The van der Waals surface area contributed by atoms with Gasteiger partial charge in [-0.25, -0.2) is 12.8 Å². The Morgan fingerprint density at radius 3 is 2.38 bits per heavy atom. The van der Waals surface area contributed by atoms with E-state index in [4.69, 9.17) is 0 Å². The SMILES string of the molecule is O=[N+]([O-])c1cc(F)ccc1NS(=O)(=O)[O-].[Na+]. The predicted octanol–water partition coefficient (Wildman–Crippen LogP) is -2.39. The Balaban J connectivity index is 0.00000225. The largest absolute Gasteiger partial charge is 1.00 e. The zero-order valence-electron chi connectivity index (χ0n) is 8.01. The number of hydrogen-bond donors (Lipinski definition) is 1. The van der Waals surface area contributed by atoms with E-state index in [2.05, 4.69) is 0 Å². The van der Waals surface area contributed by atoms with Gasteiger partial charge in [-0.1, -0.05) is 0 Å². The van der Waals surface area contributed by atoms with Gasteiger partial charge in [0.15, 0.2) is 10.3 Å². The number of nitrogens with one attached hydrogen (secondary N) is 1.